The van der Waals surface area contributed by atoms with E-state index in [1.54, 1.807) is 36.4 Å². The zero-order valence-electron chi connectivity index (χ0n) is 17.4. The number of phenolic OH excluding ortho intramolecular Hbond substituents is 1. The highest BCUT2D eigenvalue weighted by molar-refractivity contribution is 6.01. The first-order chi connectivity index (χ1) is 16.0. The third kappa shape index (κ3) is 5.16. The van der Waals surface area contributed by atoms with Gasteiger partial charge in [0.1, 0.15) is 18.1 Å². The normalized spacial score (nSPS) is 10.9. The number of carboxylic acid groups (broad SMARTS) is 1. The number of nitrogens with one attached hydrogen (secondary N) is 1. The molecular weight excluding hydrogens is 420 g/mol. The fourth-order valence-corrected chi connectivity index (χ4v) is 3.25. The molecular formula is C26H20N2O5. The van der Waals surface area contributed by atoms with Crippen LogP contribution in [0.2, 0.25) is 0 Å². The van der Waals surface area contributed by atoms with E-state index in [1.807, 2.05) is 36.4 Å². The molecule has 0 spiro atoms. The minimum Gasteiger partial charge on any atom is -0.507 e. The topological polar surface area (TPSA) is 108 Å². The van der Waals surface area contributed by atoms with Gasteiger partial charge < -0.3 is 14.9 Å². The van der Waals surface area contributed by atoms with E-state index in [-0.39, 0.29) is 23.5 Å². The van der Waals surface area contributed by atoms with Crippen molar-refractivity contribution in [3.8, 4) is 11.5 Å². The molecule has 0 unspecified atom stereocenters. The average molecular weight is 440 g/mol. The molecule has 7 nitrogen and oxygen atoms in total. The van der Waals surface area contributed by atoms with Crippen LogP contribution >= 0.6 is 0 Å². The molecule has 0 aromatic heterocycles. The van der Waals surface area contributed by atoms with E-state index in [0.29, 0.717) is 11.3 Å². The molecule has 1 amide bonds. The summed E-state index contributed by atoms with van der Waals surface area (Å²) in [4.78, 5) is 23.5. The standard InChI is InChI=1S/C26H20N2O5/c29-23-14-20-6-2-1-5-19(20)13-22(23)25(30)28-27-15-21-7-3-4-8-24(21)33-16-17-9-11-18(12-10-17)26(31)32/h1-15,29H,16H2,(H,28,30)(H,31,32)/b27-15+. The number of hydrazone groups is 1. The molecule has 4 aromatic carbocycles. The van der Waals surface area contributed by atoms with Crippen molar-refractivity contribution < 1.29 is 24.5 Å². The molecule has 7 heteroatoms. The molecule has 0 bridgehead atoms. The molecule has 4 aromatic rings. The van der Waals surface area contributed by atoms with E-state index < -0.39 is 11.9 Å². The lowest BCUT2D eigenvalue weighted by Crippen LogP contribution is -2.17. The van der Waals surface area contributed by atoms with E-state index in [4.69, 9.17) is 9.84 Å². The maximum absolute atomic E-state index is 12.5. The molecule has 3 N–H and O–H groups in total. The minimum atomic E-state index is -0.983. The van der Waals surface area contributed by atoms with Crippen LogP contribution in [0.3, 0.4) is 0 Å². The Kier molecular flexibility index (Phi) is 6.31. The van der Waals surface area contributed by atoms with Gasteiger partial charge in [-0.05, 0) is 52.7 Å². The van der Waals surface area contributed by atoms with Gasteiger partial charge in [0.15, 0.2) is 0 Å². The van der Waals surface area contributed by atoms with Gasteiger partial charge in [0.05, 0.1) is 17.3 Å². The van der Waals surface area contributed by atoms with Gasteiger partial charge in [0.2, 0.25) is 0 Å². The third-order valence-electron chi connectivity index (χ3n) is 4.99. The van der Waals surface area contributed by atoms with Crippen molar-refractivity contribution in [1.82, 2.24) is 5.43 Å². The lowest BCUT2D eigenvalue weighted by atomic mass is 10.1. The van der Waals surface area contributed by atoms with Crippen LogP contribution in [0.25, 0.3) is 10.8 Å². The Balaban J connectivity index is 1.43. The first kappa shape index (κ1) is 21.6. The summed E-state index contributed by atoms with van der Waals surface area (Å²) in [6.07, 6.45) is 1.46. The van der Waals surface area contributed by atoms with Gasteiger partial charge in [-0.2, -0.15) is 5.10 Å². The van der Waals surface area contributed by atoms with Gasteiger partial charge in [-0.25, -0.2) is 10.2 Å². The fourth-order valence-electron chi connectivity index (χ4n) is 3.25. The number of aromatic carboxylic acids is 1. The SMILES string of the molecule is O=C(O)c1ccc(COc2ccccc2/C=N/NC(=O)c2cc3ccccc3cc2O)cc1. The first-order valence-electron chi connectivity index (χ1n) is 10.1. The highest BCUT2D eigenvalue weighted by Gasteiger charge is 2.12. The number of carbonyl (C=O) groups is 2. The van der Waals surface area contributed by atoms with Crippen molar-refractivity contribution in [3.63, 3.8) is 0 Å². The van der Waals surface area contributed by atoms with Crippen LogP contribution in [0.5, 0.6) is 11.5 Å². The van der Waals surface area contributed by atoms with Crippen LogP contribution in [-0.4, -0.2) is 28.3 Å². The largest absolute Gasteiger partial charge is 0.507 e. The summed E-state index contributed by atoms with van der Waals surface area (Å²) >= 11 is 0. The lowest BCUT2D eigenvalue weighted by Gasteiger charge is -2.09. The molecule has 0 radical (unpaired) electrons. The maximum atomic E-state index is 12.5. The van der Waals surface area contributed by atoms with Crippen LogP contribution in [0.15, 0.2) is 90.0 Å². The molecule has 0 fully saturated rings. The molecule has 0 atom stereocenters. The van der Waals surface area contributed by atoms with Crippen molar-refractivity contribution in [2.45, 2.75) is 6.61 Å². The van der Waals surface area contributed by atoms with Crippen molar-refractivity contribution in [3.05, 3.63) is 107 Å². The Morgan fingerprint density at radius 1 is 0.909 bits per heavy atom. The lowest BCUT2D eigenvalue weighted by molar-refractivity contribution is 0.0696. The highest BCUT2D eigenvalue weighted by atomic mass is 16.5. The number of ether oxygens (including phenoxy) is 1. The first-order valence-corrected chi connectivity index (χ1v) is 10.1. The highest BCUT2D eigenvalue weighted by Crippen LogP contribution is 2.25. The number of carboxylic acids is 1. The number of hydrogen-bond acceptors (Lipinski definition) is 5. The van der Waals surface area contributed by atoms with Crippen molar-refractivity contribution >= 4 is 28.9 Å². The summed E-state index contributed by atoms with van der Waals surface area (Å²) in [5.74, 6) is -1.10. The summed E-state index contributed by atoms with van der Waals surface area (Å²) < 4.78 is 5.84. The van der Waals surface area contributed by atoms with Crippen molar-refractivity contribution in [1.29, 1.82) is 0 Å². The number of para-hydroxylation sites is 1. The van der Waals surface area contributed by atoms with E-state index in [1.165, 1.54) is 18.3 Å². The van der Waals surface area contributed by atoms with Crippen molar-refractivity contribution in [2.24, 2.45) is 5.10 Å². The fraction of sp³-hybridized carbons (Fsp3) is 0.0385. The molecule has 0 saturated heterocycles. The predicted molar refractivity (Wildman–Crippen MR) is 125 cm³/mol. The number of nitrogens with zero attached hydrogens (tertiary/aromatic N) is 1. The van der Waals surface area contributed by atoms with E-state index in [0.717, 1.165) is 16.3 Å². The van der Waals surface area contributed by atoms with Gasteiger partial charge in [-0.3, -0.25) is 4.79 Å². The monoisotopic (exact) mass is 440 g/mol. The quantitative estimate of drug-likeness (QED) is 0.288. The Hall–Kier alpha value is -4.65. The zero-order chi connectivity index (χ0) is 23.2. The van der Waals surface area contributed by atoms with Crippen LogP contribution in [0.4, 0.5) is 0 Å². The third-order valence-corrected chi connectivity index (χ3v) is 4.99. The summed E-state index contributed by atoms with van der Waals surface area (Å²) in [6, 6.07) is 24.2. The predicted octanol–water partition coefficient (Wildman–Crippen LogP) is 4.59. The Morgan fingerprint density at radius 2 is 1.58 bits per heavy atom. The molecule has 0 heterocycles. The Labute approximate surface area is 189 Å². The van der Waals surface area contributed by atoms with E-state index in [2.05, 4.69) is 10.5 Å². The number of rotatable bonds is 7. The number of benzene rings is 4. The summed E-state index contributed by atoms with van der Waals surface area (Å²) in [5.41, 5.74) is 4.22. The second-order valence-corrected chi connectivity index (χ2v) is 7.24. The molecule has 0 aliphatic heterocycles. The Morgan fingerprint density at radius 3 is 2.30 bits per heavy atom. The molecule has 4 rings (SSSR count). The smallest absolute Gasteiger partial charge is 0.335 e. The summed E-state index contributed by atoms with van der Waals surface area (Å²) in [6.45, 7) is 0.238. The van der Waals surface area contributed by atoms with Gasteiger partial charge in [-0.15, -0.1) is 0 Å². The van der Waals surface area contributed by atoms with Gasteiger partial charge in [0.25, 0.3) is 5.91 Å². The number of phenols is 1. The Bertz CT molecular complexity index is 1350. The number of fused-ring (bicyclic) bond motifs is 1. The van der Waals surface area contributed by atoms with Crippen LogP contribution in [-0.2, 0) is 6.61 Å². The van der Waals surface area contributed by atoms with E-state index in [9.17, 15) is 14.7 Å². The second-order valence-electron chi connectivity index (χ2n) is 7.24. The zero-order valence-corrected chi connectivity index (χ0v) is 17.4. The van der Waals surface area contributed by atoms with Gasteiger partial charge in [-0.1, -0.05) is 48.5 Å². The minimum absolute atomic E-state index is 0.125. The second kappa shape index (κ2) is 9.65. The number of hydrogen-bond donors (Lipinski definition) is 3. The number of aromatic hydroxyl groups is 1. The van der Waals surface area contributed by atoms with E-state index >= 15 is 0 Å². The number of amides is 1. The summed E-state index contributed by atoms with van der Waals surface area (Å²) in [5, 5.41) is 24.9. The molecule has 0 aliphatic rings. The molecule has 164 valence electrons. The van der Waals surface area contributed by atoms with Gasteiger partial charge in [0, 0.05) is 5.56 Å². The summed E-state index contributed by atoms with van der Waals surface area (Å²) in [7, 11) is 0. The van der Waals surface area contributed by atoms with Crippen LogP contribution < -0.4 is 10.2 Å². The van der Waals surface area contributed by atoms with Crippen LogP contribution in [0.1, 0.15) is 31.8 Å². The van der Waals surface area contributed by atoms with Crippen molar-refractivity contribution in [2.75, 3.05) is 0 Å². The number of carbonyl (C=O) groups excluding carboxylic acids is 1. The molecule has 33 heavy (non-hydrogen) atoms. The van der Waals surface area contributed by atoms with Crippen LogP contribution in [0, 0.1) is 0 Å². The van der Waals surface area contributed by atoms with Gasteiger partial charge >= 0.3 is 5.97 Å². The molecule has 0 saturated carbocycles. The molecule has 0 aliphatic carbocycles. The average Bonchev–Trinajstić information content (AvgIpc) is 2.83. The maximum Gasteiger partial charge on any atom is 0.335 e.